The third-order valence-electron chi connectivity index (χ3n) is 4.19. The van der Waals surface area contributed by atoms with E-state index in [0.29, 0.717) is 17.0 Å². The van der Waals surface area contributed by atoms with Crippen LogP contribution < -0.4 is 15.4 Å². The molecule has 2 amide bonds. The molecule has 0 spiro atoms. The Morgan fingerprint density at radius 3 is 2.38 bits per heavy atom. The number of carbonyl (C=O) groups is 2. The topological polar surface area (TPSA) is 67.4 Å². The summed E-state index contributed by atoms with van der Waals surface area (Å²) in [5.74, 6) is 0.151. The summed E-state index contributed by atoms with van der Waals surface area (Å²) in [5, 5.41) is 5.71. The van der Waals surface area contributed by atoms with Gasteiger partial charge >= 0.3 is 0 Å². The van der Waals surface area contributed by atoms with Crippen LogP contribution in [-0.4, -0.2) is 24.0 Å². The zero-order valence-corrected chi connectivity index (χ0v) is 15.7. The maximum absolute atomic E-state index is 12.5. The molecule has 0 aromatic heterocycles. The van der Waals surface area contributed by atoms with E-state index in [0.717, 1.165) is 12.0 Å². The average molecular weight is 354 g/mol. The van der Waals surface area contributed by atoms with E-state index < -0.39 is 6.10 Å². The van der Waals surface area contributed by atoms with Crippen molar-refractivity contribution in [2.45, 2.75) is 46.3 Å². The molecular weight excluding hydrogens is 328 g/mol. The molecule has 0 aliphatic heterocycles. The molecule has 138 valence electrons. The van der Waals surface area contributed by atoms with Crippen LogP contribution in [0.3, 0.4) is 0 Å². The van der Waals surface area contributed by atoms with Crippen molar-refractivity contribution in [2.75, 3.05) is 5.32 Å². The predicted octanol–water partition coefficient (Wildman–Crippen LogP) is 3.93. The maximum atomic E-state index is 12.5. The number of para-hydroxylation sites is 2. The van der Waals surface area contributed by atoms with E-state index in [-0.39, 0.29) is 17.9 Å². The number of rotatable bonds is 7. The van der Waals surface area contributed by atoms with Gasteiger partial charge in [0.1, 0.15) is 5.75 Å². The third-order valence-corrected chi connectivity index (χ3v) is 4.19. The second-order valence-corrected chi connectivity index (χ2v) is 6.34. The monoisotopic (exact) mass is 354 g/mol. The highest BCUT2D eigenvalue weighted by Gasteiger charge is 2.19. The van der Waals surface area contributed by atoms with Gasteiger partial charge < -0.3 is 15.4 Å². The first kappa shape index (κ1) is 19.5. The second kappa shape index (κ2) is 9.04. The Balaban J connectivity index is 2.09. The maximum Gasteiger partial charge on any atom is 0.265 e. The lowest BCUT2D eigenvalue weighted by Crippen LogP contribution is -2.34. The number of hydrogen-bond acceptors (Lipinski definition) is 3. The highest BCUT2D eigenvalue weighted by atomic mass is 16.5. The van der Waals surface area contributed by atoms with Crippen LogP contribution in [0.1, 0.15) is 43.1 Å². The predicted molar refractivity (Wildman–Crippen MR) is 104 cm³/mol. The fourth-order valence-corrected chi connectivity index (χ4v) is 2.36. The number of amides is 2. The molecule has 5 heteroatoms. The molecule has 2 rings (SSSR count). The van der Waals surface area contributed by atoms with Gasteiger partial charge in [-0.05, 0) is 51.0 Å². The lowest BCUT2D eigenvalue weighted by molar-refractivity contribution is -0.122. The lowest BCUT2D eigenvalue weighted by atomic mass is 10.1. The van der Waals surface area contributed by atoms with E-state index in [1.807, 2.05) is 45.0 Å². The minimum atomic E-state index is -0.693. The first-order chi connectivity index (χ1) is 12.4. The molecule has 0 fully saturated rings. The molecule has 0 bridgehead atoms. The Bertz CT molecular complexity index is 773. The van der Waals surface area contributed by atoms with E-state index in [1.165, 1.54) is 0 Å². The Hall–Kier alpha value is -2.82. The van der Waals surface area contributed by atoms with Crippen LogP contribution >= 0.6 is 0 Å². The first-order valence-electron chi connectivity index (χ1n) is 8.85. The Labute approximate surface area is 154 Å². The van der Waals surface area contributed by atoms with Gasteiger partial charge in [0, 0.05) is 6.04 Å². The number of nitrogens with one attached hydrogen (secondary N) is 2. The average Bonchev–Trinajstić information content (AvgIpc) is 2.63. The van der Waals surface area contributed by atoms with Gasteiger partial charge in [-0.25, -0.2) is 0 Å². The second-order valence-electron chi connectivity index (χ2n) is 6.34. The van der Waals surface area contributed by atoms with Crippen LogP contribution in [0.2, 0.25) is 0 Å². The minimum absolute atomic E-state index is 0.0644. The van der Waals surface area contributed by atoms with Crippen molar-refractivity contribution in [3.05, 3.63) is 59.7 Å². The highest BCUT2D eigenvalue weighted by molar-refractivity contribution is 6.04. The minimum Gasteiger partial charge on any atom is -0.481 e. The quantitative estimate of drug-likeness (QED) is 0.792. The van der Waals surface area contributed by atoms with Gasteiger partial charge in [-0.1, -0.05) is 37.3 Å². The van der Waals surface area contributed by atoms with E-state index >= 15 is 0 Å². The van der Waals surface area contributed by atoms with Crippen molar-refractivity contribution in [1.82, 2.24) is 5.32 Å². The molecule has 0 radical (unpaired) electrons. The number of anilines is 1. The number of aryl methyl sites for hydroxylation is 1. The summed E-state index contributed by atoms with van der Waals surface area (Å²) in [6, 6.07) is 14.6. The molecule has 26 heavy (non-hydrogen) atoms. The fourth-order valence-electron chi connectivity index (χ4n) is 2.36. The first-order valence-corrected chi connectivity index (χ1v) is 8.85. The molecule has 0 saturated carbocycles. The fraction of sp³-hybridized carbons (Fsp3) is 0.333. The number of hydrogen-bond donors (Lipinski definition) is 2. The smallest absolute Gasteiger partial charge is 0.265 e. The van der Waals surface area contributed by atoms with Crippen LogP contribution in [0.25, 0.3) is 0 Å². The number of carbonyl (C=O) groups excluding carboxylic acids is 2. The van der Waals surface area contributed by atoms with E-state index in [1.54, 1.807) is 31.2 Å². The number of benzene rings is 2. The zero-order chi connectivity index (χ0) is 19.1. The Kier molecular flexibility index (Phi) is 6.78. The highest BCUT2D eigenvalue weighted by Crippen LogP contribution is 2.20. The summed E-state index contributed by atoms with van der Waals surface area (Å²) < 4.78 is 5.75. The molecule has 0 heterocycles. The van der Waals surface area contributed by atoms with E-state index in [4.69, 9.17) is 4.74 Å². The molecule has 0 unspecified atom stereocenters. The molecule has 0 aliphatic carbocycles. The third kappa shape index (κ3) is 5.09. The molecule has 2 N–H and O–H groups in total. The van der Waals surface area contributed by atoms with Crippen LogP contribution in [0, 0.1) is 6.92 Å². The van der Waals surface area contributed by atoms with Crippen molar-refractivity contribution < 1.29 is 14.3 Å². The van der Waals surface area contributed by atoms with Gasteiger partial charge in [0.25, 0.3) is 11.8 Å². The number of ether oxygens (including phenoxy) is 1. The molecule has 0 aliphatic rings. The van der Waals surface area contributed by atoms with Crippen LogP contribution in [0.15, 0.2) is 48.5 Å². The van der Waals surface area contributed by atoms with Gasteiger partial charge in [0.05, 0.1) is 11.3 Å². The standard InChI is InChI=1S/C21H26N2O3/c1-5-15(3)22-21(25)17-11-7-8-12-18(17)23-20(24)16(4)26-19-13-9-6-10-14(19)2/h6-13,15-16H,5H2,1-4H3,(H,22,25)(H,23,24)/t15-,16+/m1/s1. The van der Waals surface area contributed by atoms with Gasteiger partial charge in [0.15, 0.2) is 6.10 Å². The van der Waals surface area contributed by atoms with Crippen molar-refractivity contribution in [1.29, 1.82) is 0 Å². The van der Waals surface area contributed by atoms with Crippen molar-refractivity contribution in [3.63, 3.8) is 0 Å². The summed E-state index contributed by atoms with van der Waals surface area (Å²) in [5.41, 5.74) is 1.86. The van der Waals surface area contributed by atoms with Crippen molar-refractivity contribution >= 4 is 17.5 Å². The van der Waals surface area contributed by atoms with Gasteiger partial charge in [-0.2, -0.15) is 0 Å². The van der Waals surface area contributed by atoms with Crippen LogP contribution in [0.5, 0.6) is 5.75 Å². The van der Waals surface area contributed by atoms with Gasteiger partial charge in [0.2, 0.25) is 0 Å². The summed E-state index contributed by atoms with van der Waals surface area (Å²) in [4.78, 5) is 24.9. The SMILES string of the molecule is CC[C@@H](C)NC(=O)c1ccccc1NC(=O)[C@H](C)Oc1ccccc1C. The lowest BCUT2D eigenvalue weighted by Gasteiger charge is -2.18. The summed E-state index contributed by atoms with van der Waals surface area (Å²) in [6.07, 6.45) is 0.142. The van der Waals surface area contributed by atoms with Crippen LogP contribution in [0.4, 0.5) is 5.69 Å². The molecule has 2 aromatic rings. The zero-order valence-electron chi connectivity index (χ0n) is 15.7. The van der Waals surface area contributed by atoms with Crippen molar-refractivity contribution in [3.8, 4) is 5.75 Å². The molecule has 2 atom stereocenters. The molecule has 5 nitrogen and oxygen atoms in total. The van der Waals surface area contributed by atoms with Gasteiger partial charge in [-0.3, -0.25) is 9.59 Å². The van der Waals surface area contributed by atoms with Gasteiger partial charge in [-0.15, -0.1) is 0 Å². The van der Waals surface area contributed by atoms with E-state index in [2.05, 4.69) is 10.6 Å². The summed E-state index contributed by atoms with van der Waals surface area (Å²) in [7, 11) is 0. The Morgan fingerprint density at radius 1 is 1.04 bits per heavy atom. The molecule has 0 saturated heterocycles. The molecular formula is C21H26N2O3. The normalized spacial score (nSPS) is 12.8. The molecule has 2 aromatic carbocycles. The van der Waals surface area contributed by atoms with Crippen LogP contribution in [-0.2, 0) is 4.79 Å². The van der Waals surface area contributed by atoms with Crippen molar-refractivity contribution in [2.24, 2.45) is 0 Å². The largest absolute Gasteiger partial charge is 0.481 e. The summed E-state index contributed by atoms with van der Waals surface area (Å²) in [6.45, 7) is 7.55. The van der Waals surface area contributed by atoms with E-state index in [9.17, 15) is 9.59 Å². The Morgan fingerprint density at radius 2 is 1.69 bits per heavy atom. The summed E-state index contributed by atoms with van der Waals surface area (Å²) >= 11 is 0.